The molecule has 2 unspecified atom stereocenters. The van der Waals surface area contributed by atoms with Gasteiger partial charge in [0, 0.05) is 6.04 Å². The molecular formula is C16H25NO2S. The van der Waals surface area contributed by atoms with E-state index >= 15 is 0 Å². The van der Waals surface area contributed by atoms with Crippen LogP contribution in [0, 0.1) is 5.92 Å². The molecule has 0 spiro atoms. The summed E-state index contributed by atoms with van der Waals surface area (Å²) in [4.78, 5) is 0.384. The minimum Gasteiger partial charge on any atom is -0.208 e. The van der Waals surface area contributed by atoms with Crippen LogP contribution >= 0.6 is 0 Å². The van der Waals surface area contributed by atoms with Gasteiger partial charge in [0.1, 0.15) is 0 Å². The molecule has 1 aromatic rings. The monoisotopic (exact) mass is 295 g/mol. The van der Waals surface area contributed by atoms with Crippen LogP contribution in [0.3, 0.4) is 0 Å². The summed E-state index contributed by atoms with van der Waals surface area (Å²) in [6.07, 6.45) is 6.46. The normalized spacial score (nSPS) is 23.7. The molecule has 1 aromatic carbocycles. The van der Waals surface area contributed by atoms with Crippen molar-refractivity contribution in [2.75, 3.05) is 0 Å². The maximum atomic E-state index is 12.4. The first-order valence-electron chi connectivity index (χ1n) is 7.64. The van der Waals surface area contributed by atoms with E-state index in [0.29, 0.717) is 10.8 Å². The quantitative estimate of drug-likeness (QED) is 0.903. The summed E-state index contributed by atoms with van der Waals surface area (Å²) in [5, 5.41) is 0. The van der Waals surface area contributed by atoms with E-state index in [0.717, 1.165) is 32.1 Å². The standard InChI is InChI=1S/C16H25NO2S/c1-3-6-14-9-11-15(12-10-14)20(18,19)17-16-8-5-4-7-13(16)2/h9-13,16-17H,3-8H2,1-2H3. The van der Waals surface area contributed by atoms with E-state index in [1.807, 2.05) is 12.1 Å². The molecule has 112 valence electrons. The number of aryl methyl sites for hydroxylation is 1. The lowest BCUT2D eigenvalue weighted by molar-refractivity contribution is 0.310. The number of rotatable bonds is 5. The summed E-state index contributed by atoms with van der Waals surface area (Å²) >= 11 is 0. The summed E-state index contributed by atoms with van der Waals surface area (Å²) in [7, 11) is -3.37. The Morgan fingerprint density at radius 3 is 2.40 bits per heavy atom. The number of hydrogen-bond acceptors (Lipinski definition) is 2. The van der Waals surface area contributed by atoms with Gasteiger partial charge in [0.2, 0.25) is 10.0 Å². The average molecular weight is 295 g/mol. The van der Waals surface area contributed by atoms with E-state index in [2.05, 4.69) is 18.6 Å². The van der Waals surface area contributed by atoms with Crippen LogP contribution in [-0.2, 0) is 16.4 Å². The number of sulfonamides is 1. The van der Waals surface area contributed by atoms with Crippen molar-refractivity contribution in [3.05, 3.63) is 29.8 Å². The topological polar surface area (TPSA) is 46.2 Å². The molecule has 0 heterocycles. The third-order valence-corrected chi connectivity index (χ3v) is 5.70. The predicted molar refractivity (Wildman–Crippen MR) is 82.2 cm³/mol. The van der Waals surface area contributed by atoms with Gasteiger partial charge in [0.15, 0.2) is 0 Å². The molecular weight excluding hydrogens is 270 g/mol. The summed E-state index contributed by atoms with van der Waals surface area (Å²) in [5.74, 6) is 0.429. The molecule has 0 aromatic heterocycles. The Labute approximate surface area is 122 Å². The lowest BCUT2D eigenvalue weighted by Gasteiger charge is -2.29. The van der Waals surface area contributed by atoms with E-state index in [4.69, 9.17) is 0 Å². The Balaban J connectivity index is 2.09. The molecule has 1 N–H and O–H groups in total. The van der Waals surface area contributed by atoms with Crippen LogP contribution in [0.25, 0.3) is 0 Å². The molecule has 2 atom stereocenters. The SMILES string of the molecule is CCCc1ccc(S(=O)(=O)NC2CCCCC2C)cc1. The minimum absolute atomic E-state index is 0.0871. The second-order valence-corrected chi connectivity index (χ2v) is 7.60. The van der Waals surface area contributed by atoms with Crippen molar-refractivity contribution in [3.8, 4) is 0 Å². The van der Waals surface area contributed by atoms with Gasteiger partial charge in [-0.1, -0.05) is 45.2 Å². The van der Waals surface area contributed by atoms with Gasteiger partial charge < -0.3 is 0 Å². The maximum Gasteiger partial charge on any atom is 0.240 e. The molecule has 1 fully saturated rings. The number of nitrogens with one attached hydrogen (secondary N) is 1. The predicted octanol–water partition coefficient (Wildman–Crippen LogP) is 3.50. The van der Waals surface area contributed by atoms with Crippen molar-refractivity contribution in [3.63, 3.8) is 0 Å². The van der Waals surface area contributed by atoms with Gasteiger partial charge in [-0.25, -0.2) is 13.1 Å². The Bertz CT molecular complexity index is 522. The highest BCUT2D eigenvalue weighted by Gasteiger charge is 2.26. The molecule has 4 heteroatoms. The fourth-order valence-electron chi connectivity index (χ4n) is 2.88. The van der Waals surface area contributed by atoms with E-state index in [1.54, 1.807) is 12.1 Å². The number of hydrogen-bond donors (Lipinski definition) is 1. The highest BCUT2D eigenvalue weighted by molar-refractivity contribution is 7.89. The van der Waals surface area contributed by atoms with Crippen LogP contribution in [-0.4, -0.2) is 14.5 Å². The van der Waals surface area contributed by atoms with E-state index < -0.39 is 10.0 Å². The minimum atomic E-state index is -3.37. The third-order valence-electron chi connectivity index (χ3n) is 4.19. The fraction of sp³-hybridized carbons (Fsp3) is 0.625. The highest BCUT2D eigenvalue weighted by Crippen LogP contribution is 2.25. The van der Waals surface area contributed by atoms with Crippen molar-refractivity contribution in [1.29, 1.82) is 0 Å². The van der Waals surface area contributed by atoms with Crippen molar-refractivity contribution in [1.82, 2.24) is 4.72 Å². The molecule has 2 rings (SSSR count). The van der Waals surface area contributed by atoms with Gasteiger partial charge >= 0.3 is 0 Å². The van der Waals surface area contributed by atoms with Crippen LogP contribution in [0.5, 0.6) is 0 Å². The summed E-state index contributed by atoms with van der Waals surface area (Å²) < 4.78 is 27.7. The van der Waals surface area contributed by atoms with Crippen LogP contribution in [0.4, 0.5) is 0 Å². The van der Waals surface area contributed by atoms with Gasteiger partial charge in [-0.3, -0.25) is 0 Å². The Kier molecular flexibility index (Phi) is 5.22. The van der Waals surface area contributed by atoms with Crippen LogP contribution in [0.1, 0.15) is 51.5 Å². The zero-order valence-electron chi connectivity index (χ0n) is 12.4. The summed E-state index contributed by atoms with van der Waals surface area (Å²) in [6.45, 7) is 4.26. The largest absolute Gasteiger partial charge is 0.240 e. The van der Waals surface area contributed by atoms with Crippen molar-refractivity contribution in [2.24, 2.45) is 5.92 Å². The summed E-state index contributed by atoms with van der Waals surface area (Å²) in [6, 6.07) is 7.37. The second kappa shape index (κ2) is 6.72. The summed E-state index contributed by atoms with van der Waals surface area (Å²) in [5.41, 5.74) is 1.19. The van der Waals surface area contributed by atoms with E-state index in [9.17, 15) is 8.42 Å². The van der Waals surface area contributed by atoms with Crippen LogP contribution in [0.15, 0.2) is 29.2 Å². The van der Waals surface area contributed by atoms with Gasteiger partial charge in [0.05, 0.1) is 4.90 Å². The van der Waals surface area contributed by atoms with Gasteiger partial charge in [-0.2, -0.15) is 0 Å². The average Bonchev–Trinajstić information content (AvgIpc) is 2.42. The third kappa shape index (κ3) is 3.83. The molecule has 0 saturated heterocycles. The van der Waals surface area contributed by atoms with Crippen molar-refractivity contribution < 1.29 is 8.42 Å². The van der Waals surface area contributed by atoms with Crippen LogP contribution < -0.4 is 4.72 Å². The Hall–Kier alpha value is -0.870. The lowest BCUT2D eigenvalue weighted by atomic mass is 9.87. The molecule has 20 heavy (non-hydrogen) atoms. The lowest BCUT2D eigenvalue weighted by Crippen LogP contribution is -2.40. The first kappa shape index (κ1) is 15.5. The van der Waals surface area contributed by atoms with Crippen LogP contribution in [0.2, 0.25) is 0 Å². The first-order chi connectivity index (χ1) is 9.53. The molecule has 0 radical (unpaired) electrons. The molecule has 1 saturated carbocycles. The first-order valence-corrected chi connectivity index (χ1v) is 9.12. The fourth-order valence-corrected chi connectivity index (χ4v) is 4.26. The maximum absolute atomic E-state index is 12.4. The number of benzene rings is 1. The molecule has 3 nitrogen and oxygen atoms in total. The Morgan fingerprint density at radius 2 is 1.80 bits per heavy atom. The van der Waals surface area contributed by atoms with Gasteiger partial charge in [0.25, 0.3) is 0 Å². The molecule has 0 aliphatic heterocycles. The van der Waals surface area contributed by atoms with Gasteiger partial charge in [-0.05, 0) is 42.9 Å². The van der Waals surface area contributed by atoms with E-state index in [1.165, 1.54) is 12.0 Å². The molecule has 1 aliphatic rings. The molecule has 1 aliphatic carbocycles. The zero-order valence-corrected chi connectivity index (χ0v) is 13.2. The molecule has 0 bridgehead atoms. The highest BCUT2D eigenvalue weighted by atomic mass is 32.2. The second-order valence-electron chi connectivity index (χ2n) is 5.88. The van der Waals surface area contributed by atoms with Crippen molar-refractivity contribution in [2.45, 2.75) is 63.3 Å². The zero-order chi connectivity index (χ0) is 14.6. The Morgan fingerprint density at radius 1 is 1.15 bits per heavy atom. The smallest absolute Gasteiger partial charge is 0.208 e. The van der Waals surface area contributed by atoms with Gasteiger partial charge in [-0.15, -0.1) is 0 Å². The van der Waals surface area contributed by atoms with E-state index in [-0.39, 0.29) is 6.04 Å². The van der Waals surface area contributed by atoms with Crippen molar-refractivity contribution >= 4 is 10.0 Å². The molecule has 0 amide bonds.